The second-order valence-corrected chi connectivity index (χ2v) is 4.15. The van der Waals surface area contributed by atoms with Crippen LogP contribution in [-0.4, -0.2) is 0 Å². The molecular formula is C15H13FN2. The largest absolute Gasteiger partial charge is 0.379 e. The maximum atomic E-state index is 13.5. The highest BCUT2D eigenvalue weighted by atomic mass is 19.1. The predicted octanol–water partition coefficient (Wildman–Crippen LogP) is 3.62. The van der Waals surface area contributed by atoms with E-state index in [1.807, 2.05) is 19.1 Å². The third-order valence-corrected chi connectivity index (χ3v) is 2.69. The van der Waals surface area contributed by atoms with Crippen molar-refractivity contribution in [3.8, 4) is 6.07 Å². The van der Waals surface area contributed by atoms with E-state index >= 15 is 0 Å². The molecule has 90 valence electrons. The number of nitriles is 1. The van der Waals surface area contributed by atoms with Crippen LogP contribution in [0.1, 0.15) is 16.7 Å². The van der Waals surface area contributed by atoms with Crippen molar-refractivity contribution in [2.24, 2.45) is 0 Å². The van der Waals surface area contributed by atoms with E-state index in [2.05, 4.69) is 11.4 Å². The maximum Gasteiger partial charge on any atom is 0.146 e. The van der Waals surface area contributed by atoms with Gasteiger partial charge in [-0.25, -0.2) is 4.39 Å². The van der Waals surface area contributed by atoms with Gasteiger partial charge in [-0.3, -0.25) is 0 Å². The minimum absolute atomic E-state index is 0.255. The summed E-state index contributed by atoms with van der Waals surface area (Å²) in [7, 11) is 0. The number of anilines is 1. The molecule has 2 rings (SSSR count). The lowest BCUT2D eigenvalue weighted by Gasteiger charge is -2.08. The quantitative estimate of drug-likeness (QED) is 0.889. The van der Waals surface area contributed by atoms with E-state index in [-0.39, 0.29) is 5.82 Å². The Balaban J connectivity index is 2.07. The van der Waals surface area contributed by atoms with Gasteiger partial charge in [-0.05, 0) is 42.3 Å². The van der Waals surface area contributed by atoms with Crippen LogP contribution in [0.3, 0.4) is 0 Å². The Hall–Kier alpha value is -2.34. The summed E-state index contributed by atoms with van der Waals surface area (Å²) < 4.78 is 13.5. The first-order chi connectivity index (χ1) is 8.69. The van der Waals surface area contributed by atoms with Crippen molar-refractivity contribution < 1.29 is 4.39 Å². The molecule has 0 saturated carbocycles. The maximum absolute atomic E-state index is 13.5. The van der Waals surface area contributed by atoms with Crippen LogP contribution >= 0.6 is 0 Å². The average Bonchev–Trinajstić information content (AvgIpc) is 2.40. The summed E-state index contributed by atoms with van der Waals surface area (Å²) in [5.74, 6) is -0.255. The normalized spacial score (nSPS) is 9.83. The number of hydrogen-bond acceptors (Lipinski definition) is 2. The zero-order chi connectivity index (χ0) is 13.0. The lowest BCUT2D eigenvalue weighted by atomic mass is 10.1. The SMILES string of the molecule is Cc1ccc(F)c(NCc2ccc(C#N)cc2)c1. The molecule has 0 aromatic heterocycles. The second kappa shape index (κ2) is 5.33. The minimum Gasteiger partial charge on any atom is -0.379 e. The number of nitrogens with one attached hydrogen (secondary N) is 1. The van der Waals surface area contributed by atoms with Crippen LogP contribution < -0.4 is 5.32 Å². The second-order valence-electron chi connectivity index (χ2n) is 4.15. The molecule has 18 heavy (non-hydrogen) atoms. The molecule has 0 bridgehead atoms. The molecular weight excluding hydrogens is 227 g/mol. The molecule has 0 saturated heterocycles. The number of benzene rings is 2. The smallest absolute Gasteiger partial charge is 0.146 e. The fraction of sp³-hybridized carbons (Fsp3) is 0.133. The monoisotopic (exact) mass is 240 g/mol. The Morgan fingerprint density at radius 3 is 2.56 bits per heavy atom. The Kier molecular flexibility index (Phi) is 3.59. The molecule has 0 unspecified atom stereocenters. The molecule has 1 N–H and O–H groups in total. The fourth-order valence-electron chi connectivity index (χ4n) is 1.67. The van der Waals surface area contributed by atoms with Crippen LogP contribution in [0.15, 0.2) is 42.5 Å². The standard InChI is InChI=1S/C15H13FN2/c1-11-2-7-14(16)15(8-11)18-10-13-5-3-12(9-17)4-6-13/h2-8,18H,10H2,1H3. The van der Waals surface area contributed by atoms with Crippen molar-refractivity contribution in [3.05, 3.63) is 65.0 Å². The average molecular weight is 240 g/mol. The van der Waals surface area contributed by atoms with Gasteiger partial charge in [0.25, 0.3) is 0 Å². The molecule has 2 nitrogen and oxygen atoms in total. The Bertz CT molecular complexity index is 582. The van der Waals surface area contributed by atoms with Crippen LogP contribution in [0.2, 0.25) is 0 Å². The van der Waals surface area contributed by atoms with Gasteiger partial charge in [-0.2, -0.15) is 5.26 Å². The van der Waals surface area contributed by atoms with Crippen LogP contribution in [0.5, 0.6) is 0 Å². The molecule has 0 aliphatic heterocycles. The molecule has 3 heteroatoms. The van der Waals surface area contributed by atoms with Crippen molar-refractivity contribution >= 4 is 5.69 Å². The summed E-state index contributed by atoms with van der Waals surface area (Å²) in [5, 5.41) is 11.7. The highest BCUT2D eigenvalue weighted by molar-refractivity contribution is 5.47. The van der Waals surface area contributed by atoms with Crippen molar-refractivity contribution in [1.29, 1.82) is 5.26 Å². The van der Waals surface area contributed by atoms with E-state index in [1.54, 1.807) is 24.3 Å². The van der Waals surface area contributed by atoms with E-state index in [0.29, 0.717) is 17.8 Å². The van der Waals surface area contributed by atoms with Gasteiger partial charge in [-0.1, -0.05) is 18.2 Å². The van der Waals surface area contributed by atoms with Crippen molar-refractivity contribution in [2.45, 2.75) is 13.5 Å². The summed E-state index contributed by atoms with van der Waals surface area (Å²) >= 11 is 0. The molecule has 0 aliphatic carbocycles. The topological polar surface area (TPSA) is 35.8 Å². The number of halogens is 1. The number of aryl methyl sites for hydroxylation is 1. The predicted molar refractivity (Wildman–Crippen MR) is 69.6 cm³/mol. The van der Waals surface area contributed by atoms with Gasteiger partial charge in [0.15, 0.2) is 0 Å². The van der Waals surface area contributed by atoms with Gasteiger partial charge in [0.05, 0.1) is 17.3 Å². The van der Waals surface area contributed by atoms with Crippen LogP contribution in [0, 0.1) is 24.1 Å². The summed E-state index contributed by atoms with van der Waals surface area (Å²) in [6, 6.07) is 14.3. The van der Waals surface area contributed by atoms with Crippen LogP contribution in [0.25, 0.3) is 0 Å². The molecule has 0 atom stereocenters. The van der Waals surface area contributed by atoms with Crippen molar-refractivity contribution in [3.63, 3.8) is 0 Å². The molecule has 0 spiro atoms. The summed E-state index contributed by atoms with van der Waals surface area (Å²) in [4.78, 5) is 0. The Morgan fingerprint density at radius 2 is 1.89 bits per heavy atom. The lowest BCUT2D eigenvalue weighted by Crippen LogP contribution is -2.01. The summed E-state index contributed by atoms with van der Waals surface area (Å²) in [6.07, 6.45) is 0. The van der Waals surface area contributed by atoms with Gasteiger partial charge >= 0.3 is 0 Å². The fourth-order valence-corrected chi connectivity index (χ4v) is 1.67. The number of rotatable bonds is 3. The first-order valence-electron chi connectivity index (χ1n) is 5.68. The van der Waals surface area contributed by atoms with Crippen LogP contribution in [0.4, 0.5) is 10.1 Å². The van der Waals surface area contributed by atoms with Gasteiger partial charge in [0, 0.05) is 6.54 Å². The summed E-state index contributed by atoms with van der Waals surface area (Å²) in [5.41, 5.74) is 3.15. The van der Waals surface area contributed by atoms with E-state index in [4.69, 9.17) is 5.26 Å². The molecule has 0 radical (unpaired) electrons. The highest BCUT2D eigenvalue weighted by Crippen LogP contribution is 2.16. The van der Waals surface area contributed by atoms with Gasteiger partial charge in [-0.15, -0.1) is 0 Å². The Morgan fingerprint density at radius 1 is 1.17 bits per heavy atom. The number of nitrogens with zero attached hydrogens (tertiary/aromatic N) is 1. The highest BCUT2D eigenvalue weighted by Gasteiger charge is 2.01. The third kappa shape index (κ3) is 2.86. The molecule has 0 fully saturated rings. The first kappa shape index (κ1) is 12.1. The summed E-state index contributed by atoms with van der Waals surface area (Å²) in [6.45, 7) is 2.46. The minimum atomic E-state index is -0.255. The molecule has 0 heterocycles. The lowest BCUT2D eigenvalue weighted by molar-refractivity contribution is 0.629. The van der Waals surface area contributed by atoms with Gasteiger partial charge in [0.2, 0.25) is 0 Å². The molecule has 2 aromatic carbocycles. The molecule has 0 aliphatic rings. The zero-order valence-electron chi connectivity index (χ0n) is 10.1. The van der Waals surface area contributed by atoms with Gasteiger partial charge < -0.3 is 5.32 Å². The van der Waals surface area contributed by atoms with E-state index in [1.165, 1.54) is 6.07 Å². The van der Waals surface area contributed by atoms with Crippen molar-refractivity contribution in [1.82, 2.24) is 0 Å². The molecule has 0 amide bonds. The molecule has 2 aromatic rings. The van der Waals surface area contributed by atoms with E-state index in [0.717, 1.165) is 11.1 Å². The van der Waals surface area contributed by atoms with Crippen molar-refractivity contribution in [2.75, 3.05) is 5.32 Å². The number of hydrogen-bond donors (Lipinski definition) is 1. The third-order valence-electron chi connectivity index (χ3n) is 2.69. The van der Waals surface area contributed by atoms with E-state index < -0.39 is 0 Å². The van der Waals surface area contributed by atoms with Crippen LogP contribution in [-0.2, 0) is 6.54 Å². The van der Waals surface area contributed by atoms with Gasteiger partial charge in [0.1, 0.15) is 5.82 Å². The zero-order valence-corrected chi connectivity index (χ0v) is 10.1. The van der Waals surface area contributed by atoms with E-state index in [9.17, 15) is 4.39 Å². The Labute approximate surface area is 106 Å². The first-order valence-corrected chi connectivity index (χ1v) is 5.68.